The second-order valence-electron chi connectivity index (χ2n) is 4.78. The van der Waals surface area contributed by atoms with Crippen LogP contribution in [0.15, 0.2) is 0 Å². The van der Waals surface area contributed by atoms with Crippen LogP contribution in [-0.4, -0.2) is 25.0 Å². The van der Waals surface area contributed by atoms with E-state index in [0.29, 0.717) is 0 Å². The highest BCUT2D eigenvalue weighted by molar-refractivity contribution is 4.86. The third kappa shape index (κ3) is 3.14. The van der Waals surface area contributed by atoms with E-state index >= 15 is 0 Å². The second-order valence-corrected chi connectivity index (χ2v) is 4.78. The molecule has 72 valence electrons. The number of hydrogen-bond donors (Lipinski definition) is 0. The topological polar surface area (TPSA) is 3.24 Å². The van der Waals surface area contributed by atoms with Gasteiger partial charge in [-0.05, 0) is 31.2 Å². The lowest BCUT2D eigenvalue weighted by atomic mass is 10.2. The summed E-state index contributed by atoms with van der Waals surface area (Å²) in [5.74, 6) is 2.90. The van der Waals surface area contributed by atoms with E-state index in [1.54, 1.807) is 0 Å². The molecule has 1 aliphatic rings. The van der Waals surface area contributed by atoms with Gasteiger partial charge in [0.1, 0.15) is 0 Å². The number of nitrogens with zero attached hydrogens (tertiary/aromatic N) is 1. The lowest BCUT2D eigenvalue weighted by Gasteiger charge is -2.18. The maximum atomic E-state index is 2.49. The zero-order valence-electron chi connectivity index (χ0n) is 9.01. The summed E-state index contributed by atoms with van der Waals surface area (Å²) in [6.07, 6.45) is 2.87. The minimum Gasteiger partial charge on any atom is -0.306 e. The van der Waals surface area contributed by atoms with Gasteiger partial charge >= 0.3 is 0 Å². The zero-order valence-corrected chi connectivity index (χ0v) is 9.01. The normalized spacial score (nSPS) is 28.5. The fraction of sp³-hybridized carbons (Fsp3) is 1.00. The van der Waals surface area contributed by atoms with E-state index in [0.717, 1.165) is 17.8 Å². The first-order chi connectivity index (χ1) is 5.63. The summed E-state index contributed by atoms with van der Waals surface area (Å²) in [6.45, 7) is 9.48. The van der Waals surface area contributed by atoms with Crippen LogP contribution in [-0.2, 0) is 0 Å². The first kappa shape index (κ1) is 10.0. The average Bonchev–Trinajstić information content (AvgIpc) is 2.65. The summed E-state index contributed by atoms with van der Waals surface area (Å²) in [5.41, 5.74) is 0. The average molecular weight is 169 g/mol. The van der Waals surface area contributed by atoms with Gasteiger partial charge in [0.2, 0.25) is 0 Å². The van der Waals surface area contributed by atoms with E-state index in [1.807, 2.05) is 0 Å². The van der Waals surface area contributed by atoms with Crippen LogP contribution >= 0.6 is 0 Å². The monoisotopic (exact) mass is 169 g/mol. The Kier molecular flexibility index (Phi) is 3.57. The predicted octanol–water partition coefficient (Wildman–Crippen LogP) is 2.62. The van der Waals surface area contributed by atoms with Gasteiger partial charge in [0, 0.05) is 13.1 Å². The number of rotatable bonds is 5. The van der Waals surface area contributed by atoms with Gasteiger partial charge in [-0.2, -0.15) is 0 Å². The molecule has 0 aromatic carbocycles. The molecule has 1 fully saturated rings. The first-order valence-corrected chi connectivity index (χ1v) is 5.32. The van der Waals surface area contributed by atoms with Crippen LogP contribution in [0.1, 0.15) is 33.6 Å². The third-order valence-corrected chi connectivity index (χ3v) is 2.82. The van der Waals surface area contributed by atoms with Crippen molar-refractivity contribution >= 4 is 0 Å². The van der Waals surface area contributed by atoms with Crippen LogP contribution in [0.5, 0.6) is 0 Å². The Hall–Kier alpha value is -0.0400. The number of hydrogen-bond acceptors (Lipinski definition) is 1. The Balaban J connectivity index is 2.07. The van der Waals surface area contributed by atoms with E-state index in [4.69, 9.17) is 0 Å². The molecule has 1 heteroatoms. The van der Waals surface area contributed by atoms with E-state index in [1.165, 1.54) is 25.9 Å². The molecule has 1 nitrogen and oxygen atoms in total. The molecular weight excluding hydrogens is 146 g/mol. The third-order valence-electron chi connectivity index (χ3n) is 2.82. The highest BCUT2D eigenvalue weighted by Gasteiger charge is 2.35. The maximum absolute atomic E-state index is 2.49. The second kappa shape index (κ2) is 4.27. The van der Waals surface area contributed by atoms with Crippen LogP contribution in [0.3, 0.4) is 0 Å². The summed E-state index contributed by atoms with van der Waals surface area (Å²) in [6, 6.07) is 0. The minimum absolute atomic E-state index is 0.814. The standard InChI is InChI=1S/C11H23N/c1-5-10-6-11(10)8-12(4)7-9(2)3/h9-11H,5-8H2,1-4H3/t10-,11+/m1/s1. The minimum atomic E-state index is 0.814. The van der Waals surface area contributed by atoms with Crippen LogP contribution < -0.4 is 0 Å². The molecule has 1 aliphatic carbocycles. The van der Waals surface area contributed by atoms with Gasteiger partial charge in [0.05, 0.1) is 0 Å². The van der Waals surface area contributed by atoms with E-state index in [-0.39, 0.29) is 0 Å². The summed E-state index contributed by atoms with van der Waals surface area (Å²) in [5, 5.41) is 0. The highest BCUT2D eigenvalue weighted by atomic mass is 15.1. The van der Waals surface area contributed by atoms with E-state index in [9.17, 15) is 0 Å². The Morgan fingerprint density at radius 3 is 2.42 bits per heavy atom. The molecule has 0 bridgehead atoms. The smallest absolute Gasteiger partial charge is 0.000947 e. The zero-order chi connectivity index (χ0) is 9.14. The van der Waals surface area contributed by atoms with Gasteiger partial charge in [-0.15, -0.1) is 0 Å². The van der Waals surface area contributed by atoms with E-state index in [2.05, 4.69) is 32.7 Å². The largest absolute Gasteiger partial charge is 0.306 e. The molecule has 12 heavy (non-hydrogen) atoms. The van der Waals surface area contributed by atoms with Gasteiger partial charge in [0.25, 0.3) is 0 Å². The van der Waals surface area contributed by atoms with Gasteiger partial charge < -0.3 is 4.90 Å². The Morgan fingerprint density at radius 1 is 1.33 bits per heavy atom. The molecule has 1 saturated carbocycles. The summed E-state index contributed by atoms with van der Waals surface area (Å²) in [4.78, 5) is 2.49. The van der Waals surface area contributed by atoms with Gasteiger partial charge in [-0.25, -0.2) is 0 Å². The van der Waals surface area contributed by atoms with Crippen molar-refractivity contribution < 1.29 is 0 Å². The van der Waals surface area contributed by atoms with Crippen molar-refractivity contribution in [1.29, 1.82) is 0 Å². The van der Waals surface area contributed by atoms with Crippen molar-refractivity contribution in [3.63, 3.8) is 0 Å². The van der Waals surface area contributed by atoms with Crippen molar-refractivity contribution in [3.8, 4) is 0 Å². The Bertz CT molecular complexity index is 131. The van der Waals surface area contributed by atoms with Crippen LogP contribution in [0.2, 0.25) is 0 Å². The van der Waals surface area contributed by atoms with Crippen molar-refractivity contribution in [2.24, 2.45) is 17.8 Å². The molecule has 1 rings (SSSR count). The Labute approximate surface area is 77.1 Å². The van der Waals surface area contributed by atoms with Gasteiger partial charge in [-0.1, -0.05) is 27.2 Å². The molecule has 2 atom stereocenters. The van der Waals surface area contributed by atoms with Gasteiger partial charge in [-0.3, -0.25) is 0 Å². The maximum Gasteiger partial charge on any atom is 0.000947 e. The fourth-order valence-electron chi connectivity index (χ4n) is 2.13. The molecular formula is C11H23N. The van der Waals surface area contributed by atoms with Crippen molar-refractivity contribution in [2.75, 3.05) is 20.1 Å². The molecule has 0 N–H and O–H groups in total. The molecule has 0 aliphatic heterocycles. The molecule has 0 radical (unpaired) electrons. The van der Waals surface area contributed by atoms with E-state index < -0.39 is 0 Å². The quantitative estimate of drug-likeness (QED) is 0.611. The SMILES string of the molecule is CC[C@@H]1C[C@H]1CN(C)CC(C)C. The molecule has 0 aromatic heterocycles. The lowest BCUT2D eigenvalue weighted by molar-refractivity contribution is 0.279. The molecule has 0 aromatic rings. The van der Waals surface area contributed by atoms with Crippen LogP contribution in [0, 0.1) is 17.8 Å². The fourth-order valence-corrected chi connectivity index (χ4v) is 2.13. The van der Waals surface area contributed by atoms with Crippen molar-refractivity contribution in [2.45, 2.75) is 33.6 Å². The van der Waals surface area contributed by atoms with Crippen molar-refractivity contribution in [3.05, 3.63) is 0 Å². The molecule has 0 unspecified atom stereocenters. The predicted molar refractivity (Wildman–Crippen MR) is 54.2 cm³/mol. The summed E-state index contributed by atoms with van der Waals surface area (Å²) >= 11 is 0. The Morgan fingerprint density at radius 2 is 2.00 bits per heavy atom. The molecule has 0 heterocycles. The molecule has 0 saturated heterocycles. The van der Waals surface area contributed by atoms with Gasteiger partial charge in [0.15, 0.2) is 0 Å². The summed E-state index contributed by atoms with van der Waals surface area (Å²) in [7, 11) is 2.26. The highest BCUT2D eigenvalue weighted by Crippen LogP contribution is 2.41. The van der Waals surface area contributed by atoms with Crippen molar-refractivity contribution in [1.82, 2.24) is 4.90 Å². The lowest BCUT2D eigenvalue weighted by Crippen LogP contribution is -2.25. The molecule has 0 spiro atoms. The molecule has 0 amide bonds. The van der Waals surface area contributed by atoms with Crippen LogP contribution in [0.25, 0.3) is 0 Å². The summed E-state index contributed by atoms with van der Waals surface area (Å²) < 4.78 is 0. The first-order valence-electron chi connectivity index (χ1n) is 5.32. The van der Waals surface area contributed by atoms with Crippen LogP contribution in [0.4, 0.5) is 0 Å².